The van der Waals surface area contributed by atoms with Crippen LogP contribution in [0.3, 0.4) is 0 Å². The number of hydrogen-bond acceptors (Lipinski definition) is 4. The van der Waals surface area contributed by atoms with Gasteiger partial charge >= 0.3 is 6.09 Å². The zero-order valence-corrected chi connectivity index (χ0v) is 14.9. The van der Waals surface area contributed by atoms with Gasteiger partial charge in [-0.15, -0.1) is 0 Å². The van der Waals surface area contributed by atoms with Crippen LogP contribution in [0.5, 0.6) is 0 Å². The number of nitrogens with two attached hydrogens (primary N) is 1. The van der Waals surface area contributed by atoms with Crippen molar-refractivity contribution in [2.75, 3.05) is 13.1 Å². The average Bonchev–Trinajstić information content (AvgIpc) is 2.38. The van der Waals surface area contributed by atoms with Crippen LogP contribution in [0.25, 0.3) is 0 Å². The quantitative estimate of drug-likeness (QED) is 0.704. The van der Waals surface area contributed by atoms with Gasteiger partial charge in [-0.3, -0.25) is 0 Å². The number of carbonyl (C=O) groups is 1. The Morgan fingerprint density at radius 2 is 1.73 bits per heavy atom. The second-order valence-corrected chi connectivity index (χ2v) is 7.84. The minimum absolute atomic E-state index is 0.239. The Hall–Kier alpha value is -0.810. The van der Waals surface area contributed by atoms with Crippen molar-refractivity contribution in [3.63, 3.8) is 0 Å². The number of nitrogens with one attached hydrogen (secondary N) is 2. The van der Waals surface area contributed by atoms with E-state index in [0.29, 0.717) is 17.9 Å². The molecule has 0 radical (unpaired) electrons. The summed E-state index contributed by atoms with van der Waals surface area (Å²) in [4.78, 5) is 11.8. The zero-order valence-electron chi connectivity index (χ0n) is 14.9. The molecule has 1 rings (SSSR count). The van der Waals surface area contributed by atoms with E-state index in [2.05, 4.69) is 24.5 Å². The van der Waals surface area contributed by atoms with Crippen molar-refractivity contribution in [3.8, 4) is 0 Å². The summed E-state index contributed by atoms with van der Waals surface area (Å²) in [6.07, 6.45) is 3.90. The lowest BCUT2D eigenvalue weighted by Crippen LogP contribution is -2.45. The number of carbonyl (C=O) groups excluding carboxylic acids is 1. The van der Waals surface area contributed by atoms with E-state index in [9.17, 15) is 4.79 Å². The molecule has 0 spiro atoms. The van der Waals surface area contributed by atoms with Crippen molar-refractivity contribution >= 4 is 6.09 Å². The van der Waals surface area contributed by atoms with Crippen molar-refractivity contribution < 1.29 is 9.53 Å². The van der Waals surface area contributed by atoms with Crippen LogP contribution in [0.1, 0.15) is 60.3 Å². The van der Waals surface area contributed by atoms with Gasteiger partial charge in [-0.05, 0) is 71.4 Å². The molecule has 0 bridgehead atoms. The fourth-order valence-corrected chi connectivity index (χ4v) is 2.83. The normalized spacial score (nSPS) is 24.1. The van der Waals surface area contributed by atoms with Gasteiger partial charge in [0.1, 0.15) is 5.60 Å². The number of hydrogen-bond donors (Lipinski definition) is 3. The van der Waals surface area contributed by atoms with Crippen LogP contribution in [0.15, 0.2) is 0 Å². The summed E-state index contributed by atoms with van der Waals surface area (Å²) in [7, 11) is 0. The standard InChI is InChI=1S/C17H35N3O2/c1-12(2)13(10-18)11-19-14-6-8-15(9-7-14)20-16(21)22-17(3,4)5/h12-15,19H,6-11,18H2,1-5H3,(H,20,21). The van der Waals surface area contributed by atoms with Gasteiger partial charge in [0, 0.05) is 12.1 Å². The maximum atomic E-state index is 11.8. The SMILES string of the molecule is CC(C)C(CN)CNC1CCC(NC(=O)OC(C)(C)C)CC1. The molecule has 0 heterocycles. The Kier molecular flexibility index (Phi) is 7.63. The molecule has 5 nitrogen and oxygen atoms in total. The number of rotatable bonds is 6. The summed E-state index contributed by atoms with van der Waals surface area (Å²) in [5, 5.41) is 6.62. The zero-order chi connectivity index (χ0) is 16.8. The second kappa shape index (κ2) is 8.73. The topological polar surface area (TPSA) is 76.4 Å². The van der Waals surface area contributed by atoms with E-state index in [1.54, 1.807) is 0 Å². The number of amides is 1. The van der Waals surface area contributed by atoms with Gasteiger partial charge in [0.05, 0.1) is 0 Å². The van der Waals surface area contributed by atoms with Gasteiger partial charge < -0.3 is 21.1 Å². The molecule has 130 valence electrons. The van der Waals surface area contributed by atoms with Crippen molar-refractivity contribution in [1.82, 2.24) is 10.6 Å². The van der Waals surface area contributed by atoms with Gasteiger partial charge in [0.25, 0.3) is 0 Å². The highest BCUT2D eigenvalue weighted by Gasteiger charge is 2.25. The highest BCUT2D eigenvalue weighted by Crippen LogP contribution is 2.20. The first-order valence-electron chi connectivity index (χ1n) is 8.64. The van der Waals surface area contributed by atoms with Crippen LogP contribution in [0, 0.1) is 11.8 Å². The van der Waals surface area contributed by atoms with E-state index in [4.69, 9.17) is 10.5 Å². The van der Waals surface area contributed by atoms with E-state index in [1.807, 2.05) is 20.8 Å². The molecule has 0 aromatic heterocycles. The largest absolute Gasteiger partial charge is 0.444 e. The molecule has 4 N–H and O–H groups in total. The lowest BCUT2D eigenvalue weighted by atomic mass is 9.90. The third-order valence-corrected chi connectivity index (χ3v) is 4.36. The summed E-state index contributed by atoms with van der Waals surface area (Å²) in [5.74, 6) is 1.15. The van der Waals surface area contributed by atoms with Crippen molar-refractivity contribution in [1.29, 1.82) is 0 Å². The van der Waals surface area contributed by atoms with Crippen LogP contribution in [0.2, 0.25) is 0 Å². The average molecular weight is 313 g/mol. The van der Waals surface area contributed by atoms with Gasteiger partial charge in [-0.25, -0.2) is 4.79 Å². The summed E-state index contributed by atoms with van der Waals surface area (Å²) >= 11 is 0. The van der Waals surface area contributed by atoms with E-state index in [-0.39, 0.29) is 12.1 Å². The molecule has 1 unspecified atom stereocenters. The molecule has 22 heavy (non-hydrogen) atoms. The van der Waals surface area contributed by atoms with Gasteiger partial charge in [-0.2, -0.15) is 0 Å². The fraction of sp³-hybridized carbons (Fsp3) is 0.941. The first-order valence-corrected chi connectivity index (χ1v) is 8.64. The highest BCUT2D eigenvalue weighted by molar-refractivity contribution is 5.68. The summed E-state index contributed by atoms with van der Waals surface area (Å²) in [6.45, 7) is 11.8. The molecular formula is C17H35N3O2. The predicted octanol–water partition coefficient (Wildman–Crippen LogP) is 2.64. The number of alkyl carbamates (subject to hydrolysis) is 1. The highest BCUT2D eigenvalue weighted by atomic mass is 16.6. The minimum Gasteiger partial charge on any atom is -0.444 e. The van der Waals surface area contributed by atoms with Crippen LogP contribution in [-0.2, 0) is 4.74 Å². The molecule has 5 heteroatoms. The Morgan fingerprint density at radius 1 is 1.18 bits per heavy atom. The van der Waals surface area contributed by atoms with Crippen molar-refractivity contribution in [2.24, 2.45) is 17.6 Å². The molecule has 0 aromatic carbocycles. The molecule has 1 saturated carbocycles. The minimum atomic E-state index is -0.434. The van der Waals surface area contributed by atoms with E-state index in [1.165, 1.54) is 0 Å². The Labute approximate surface area is 135 Å². The van der Waals surface area contributed by atoms with Gasteiger partial charge in [0.15, 0.2) is 0 Å². The molecule has 0 saturated heterocycles. The van der Waals surface area contributed by atoms with Crippen LogP contribution in [-0.4, -0.2) is 36.9 Å². The van der Waals surface area contributed by atoms with Crippen molar-refractivity contribution in [3.05, 3.63) is 0 Å². The predicted molar refractivity (Wildman–Crippen MR) is 90.8 cm³/mol. The smallest absolute Gasteiger partial charge is 0.407 e. The Morgan fingerprint density at radius 3 is 2.18 bits per heavy atom. The maximum Gasteiger partial charge on any atom is 0.407 e. The van der Waals surface area contributed by atoms with E-state index < -0.39 is 5.60 Å². The van der Waals surface area contributed by atoms with Crippen LogP contribution >= 0.6 is 0 Å². The molecule has 1 aliphatic carbocycles. The molecular weight excluding hydrogens is 278 g/mol. The molecule has 1 atom stereocenters. The molecule has 1 aliphatic rings. The third-order valence-electron chi connectivity index (χ3n) is 4.36. The Bertz CT molecular complexity index is 331. The Balaban J connectivity index is 2.24. The lowest BCUT2D eigenvalue weighted by Gasteiger charge is -2.32. The summed E-state index contributed by atoms with van der Waals surface area (Å²) in [5.41, 5.74) is 5.38. The van der Waals surface area contributed by atoms with Crippen LogP contribution in [0.4, 0.5) is 4.79 Å². The van der Waals surface area contributed by atoms with Crippen LogP contribution < -0.4 is 16.4 Å². The molecule has 0 aromatic rings. The fourth-order valence-electron chi connectivity index (χ4n) is 2.83. The summed E-state index contributed by atoms with van der Waals surface area (Å²) < 4.78 is 5.31. The molecule has 1 fully saturated rings. The van der Waals surface area contributed by atoms with Gasteiger partial charge in [-0.1, -0.05) is 13.8 Å². The monoisotopic (exact) mass is 313 g/mol. The molecule has 1 amide bonds. The lowest BCUT2D eigenvalue weighted by molar-refractivity contribution is 0.0489. The third kappa shape index (κ3) is 7.45. The molecule has 0 aliphatic heterocycles. The maximum absolute atomic E-state index is 11.8. The summed E-state index contributed by atoms with van der Waals surface area (Å²) in [6, 6.07) is 0.785. The second-order valence-electron chi connectivity index (χ2n) is 7.84. The van der Waals surface area contributed by atoms with Gasteiger partial charge in [0.2, 0.25) is 0 Å². The first kappa shape index (κ1) is 19.2. The first-order chi connectivity index (χ1) is 10.2. The van der Waals surface area contributed by atoms with E-state index in [0.717, 1.165) is 38.8 Å². The van der Waals surface area contributed by atoms with Crippen molar-refractivity contribution in [2.45, 2.75) is 78.0 Å². The number of ether oxygens (including phenoxy) is 1. The van der Waals surface area contributed by atoms with E-state index >= 15 is 0 Å².